The third kappa shape index (κ3) is 1.68. The highest BCUT2D eigenvalue weighted by molar-refractivity contribution is 5.95. The molecule has 0 fully saturated rings. The molecule has 1 aromatic heterocycles. The fourth-order valence-electron chi connectivity index (χ4n) is 2.11. The molecule has 0 saturated heterocycles. The molecule has 88 valence electrons. The first-order valence-corrected chi connectivity index (χ1v) is 5.53. The third-order valence-electron chi connectivity index (χ3n) is 3.58. The number of aromatic nitrogens is 1. The normalized spacial score (nSPS) is 10.8. The van der Waals surface area contributed by atoms with Crippen molar-refractivity contribution in [2.75, 3.05) is 0 Å². The van der Waals surface area contributed by atoms with Gasteiger partial charge in [-0.3, -0.25) is 4.98 Å². The number of carboxylic acids is 1. The number of hydrogen-bond acceptors (Lipinski definition) is 2. The van der Waals surface area contributed by atoms with E-state index >= 15 is 0 Å². The Labute approximate surface area is 100 Å². The monoisotopic (exact) mass is 229 g/mol. The van der Waals surface area contributed by atoms with E-state index in [2.05, 4.69) is 18.8 Å². The Morgan fingerprint density at radius 1 is 1.06 bits per heavy atom. The highest BCUT2D eigenvalue weighted by Crippen LogP contribution is 2.28. The summed E-state index contributed by atoms with van der Waals surface area (Å²) in [7, 11) is 0. The molecule has 0 aliphatic heterocycles. The van der Waals surface area contributed by atoms with Crippen molar-refractivity contribution in [3.63, 3.8) is 0 Å². The van der Waals surface area contributed by atoms with Crippen LogP contribution in [0.25, 0.3) is 10.9 Å². The van der Waals surface area contributed by atoms with Gasteiger partial charge in [0.1, 0.15) is 0 Å². The molecule has 3 nitrogen and oxygen atoms in total. The molecular formula is C14H15NO2. The van der Waals surface area contributed by atoms with E-state index < -0.39 is 5.97 Å². The predicted molar refractivity (Wildman–Crippen MR) is 67.7 cm³/mol. The molecule has 0 unspecified atom stereocenters. The maximum atomic E-state index is 11.0. The number of hydrogen-bond donors (Lipinski definition) is 1. The van der Waals surface area contributed by atoms with Gasteiger partial charge in [-0.2, -0.15) is 0 Å². The molecule has 0 atom stereocenters. The van der Waals surface area contributed by atoms with Gasteiger partial charge >= 0.3 is 5.97 Å². The summed E-state index contributed by atoms with van der Waals surface area (Å²) < 4.78 is 0. The van der Waals surface area contributed by atoms with Crippen LogP contribution in [0.1, 0.15) is 32.6 Å². The van der Waals surface area contributed by atoms with Crippen molar-refractivity contribution in [3.8, 4) is 0 Å². The minimum Gasteiger partial charge on any atom is -0.478 e. The Morgan fingerprint density at radius 2 is 1.65 bits per heavy atom. The van der Waals surface area contributed by atoms with Crippen LogP contribution >= 0.6 is 0 Å². The molecule has 0 aliphatic rings. The molecular weight excluding hydrogens is 214 g/mol. The van der Waals surface area contributed by atoms with Crippen molar-refractivity contribution in [1.29, 1.82) is 0 Å². The summed E-state index contributed by atoms with van der Waals surface area (Å²) in [5.41, 5.74) is 5.81. The standard InChI is InChI=1S/C14H15NO2/c1-7-8(2)10(4)13-12(9(7)3)5-11(6-15-13)14(16)17/h5-6H,1-4H3,(H,16,17). The summed E-state index contributed by atoms with van der Waals surface area (Å²) in [6, 6.07) is 1.71. The van der Waals surface area contributed by atoms with E-state index in [-0.39, 0.29) is 5.56 Å². The highest BCUT2D eigenvalue weighted by Gasteiger charge is 2.12. The molecule has 0 bridgehead atoms. The van der Waals surface area contributed by atoms with Crippen LogP contribution in [0.2, 0.25) is 0 Å². The molecule has 1 heterocycles. The first kappa shape index (κ1) is 11.6. The van der Waals surface area contributed by atoms with Crippen molar-refractivity contribution in [2.24, 2.45) is 0 Å². The lowest BCUT2D eigenvalue weighted by Gasteiger charge is -2.13. The van der Waals surface area contributed by atoms with E-state index in [1.165, 1.54) is 17.3 Å². The van der Waals surface area contributed by atoms with Crippen LogP contribution in [0, 0.1) is 27.7 Å². The van der Waals surface area contributed by atoms with E-state index in [0.717, 1.165) is 22.0 Å². The van der Waals surface area contributed by atoms with Gasteiger partial charge in [0.2, 0.25) is 0 Å². The number of carboxylic acid groups (broad SMARTS) is 1. The largest absolute Gasteiger partial charge is 0.478 e. The zero-order chi connectivity index (χ0) is 12.7. The van der Waals surface area contributed by atoms with Crippen molar-refractivity contribution >= 4 is 16.9 Å². The van der Waals surface area contributed by atoms with Crippen LogP contribution in [0.3, 0.4) is 0 Å². The SMILES string of the molecule is Cc1c(C)c(C)c2ncc(C(=O)O)cc2c1C. The number of nitrogens with zero attached hydrogens (tertiary/aromatic N) is 1. The minimum absolute atomic E-state index is 0.239. The van der Waals surface area contributed by atoms with Crippen LogP contribution in [-0.2, 0) is 0 Å². The summed E-state index contributed by atoms with van der Waals surface area (Å²) in [6.45, 7) is 8.17. The maximum absolute atomic E-state index is 11.0. The van der Waals surface area contributed by atoms with Gasteiger partial charge in [0.05, 0.1) is 11.1 Å². The molecule has 0 radical (unpaired) electrons. The van der Waals surface area contributed by atoms with Gasteiger partial charge in [-0.25, -0.2) is 4.79 Å². The fourth-order valence-corrected chi connectivity index (χ4v) is 2.11. The zero-order valence-electron chi connectivity index (χ0n) is 10.5. The van der Waals surface area contributed by atoms with Gasteiger partial charge in [-0.15, -0.1) is 0 Å². The van der Waals surface area contributed by atoms with Gasteiger partial charge in [-0.1, -0.05) is 0 Å². The smallest absolute Gasteiger partial charge is 0.337 e. The van der Waals surface area contributed by atoms with Crippen LogP contribution < -0.4 is 0 Å². The second-order valence-electron chi connectivity index (χ2n) is 4.43. The second kappa shape index (κ2) is 3.84. The molecule has 0 saturated carbocycles. The molecule has 1 N–H and O–H groups in total. The van der Waals surface area contributed by atoms with Gasteiger partial charge < -0.3 is 5.11 Å². The first-order chi connectivity index (χ1) is 7.93. The number of pyridine rings is 1. The van der Waals surface area contributed by atoms with Crippen LogP contribution in [0.4, 0.5) is 0 Å². The molecule has 2 aromatic rings. The predicted octanol–water partition coefficient (Wildman–Crippen LogP) is 3.17. The van der Waals surface area contributed by atoms with Crippen molar-refractivity contribution in [1.82, 2.24) is 4.98 Å². The summed E-state index contributed by atoms with van der Waals surface area (Å²) in [6.07, 6.45) is 1.42. The average Bonchev–Trinajstić information content (AvgIpc) is 2.32. The Balaban J connectivity index is 2.91. The quantitative estimate of drug-likeness (QED) is 0.817. The van der Waals surface area contributed by atoms with Gasteiger partial charge in [0.25, 0.3) is 0 Å². The lowest BCUT2D eigenvalue weighted by Crippen LogP contribution is -2.01. The first-order valence-electron chi connectivity index (χ1n) is 5.53. The van der Waals surface area contributed by atoms with Gasteiger partial charge in [0.15, 0.2) is 0 Å². The molecule has 1 aromatic carbocycles. The Bertz CT molecular complexity index is 630. The topological polar surface area (TPSA) is 50.2 Å². The number of aromatic carboxylic acids is 1. The third-order valence-corrected chi connectivity index (χ3v) is 3.58. The second-order valence-corrected chi connectivity index (χ2v) is 4.43. The van der Waals surface area contributed by atoms with Gasteiger partial charge in [0, 0.05) is 11.6 Å². The zero-order valence-corrected chi connectivity index (χ0v) is 10.5. The minimum atomic E-state index is -0.935. The molecule has 0 spiro atoms. The number of rotatable bonds is 1. The number of fused-ring (bicyclic) bond motifs is 1. The summed E-state index contributed by atoms with van der Waals surface area (Å²) >= 11 is 0. The lowest BCUT2D eigenvalue weighted by atomic mass is 9.94. The summed E-state index contributed by atoms with van der Waals surface area (Å²) in [5, 5.41) is 9.92. The number of carbonyl (C=O) groups is 1. The summed E-state index contributed by atoms with van der Waals surface area (Å²) in [5.74, 6) is -0.935. The lowest BCUT2D eigenvalue weighted by molar-refractivity contribution is 0.0696. The van der Waals surface area contributed by atoms with E-state index in [1.807, 2.05) is 13.8 Å². The number of aryl methyl sites for hydroxylation is 2. The van der Waals surface area contributed by atoms with Crippen LogP contribution in [-0.4, -0.2) is 16.1 Å². The molecule has 3 heteroatoms. The Kier molecular flexibility index (Phi) is 2.62. The van der Waals surface area contributed by atoms with E-state index in [1.54, 1.807) is 6.07 Å². The molecule has 0 amide bonds. The van der Waals surface area contributed by atoms with Crippen LogP contribution in [0.15, 0.2) is 12.3 Å². The van der Waals surface area contributed by atoms with Crippen LogP contribution in [0.5, 0.6) is 0 Å². The fraction of sp³-hybridized carbons (Fsp3) is 0.286. The number of benzene rings is 1. The maximum Gasteiger partial charge on any atom is 0.337 e. The van der Waals surface area contributed by atoms with Crippen molar-refractivity contribution in [2.45, 2.75) is 27.7 Å². The van der Waals surface area contributed by atoms with E-state index in [9.17, 15) is 4.79 Å². The van der Waals surface area contributed by atoms with E-state index in [0.29, 0.717) is 0 Å². The average molecular weight is 229 g/mol. The molecule has 17 heavy (non-hydrogen) atoms. The Hall–Kier alpha value is -1.90. The molecule has 0 aliphatic carbocycles. The Morgan fingerprint density at radius 3 is 2.24 bits per heavy atom. The van der Waals surface area contributed by atoms with Crippen molar-refractivity contribution < 1.29 is 9.90 Å². The van der Waals surface area contributed by atoms with Crippen molar-refractivity contribution in [3.05, 3.63) is 40.1 Å². The highest BCUT2D eigenvalue weighted by atomic mass is 16.4. The molecule has 2 rings (SSSR count). The summed E-state index contributed by atoms with van der Waals surface area (Å²) in [4.78, 5) is 15.2. The van der Waals surface area contributed by atoms with Gasteiger partial charge in [-0.05, 0) is 56.0 Å². The van der Waals surface area contributed by atoms with E-state index in [4.69, 9.17) is 5.11 Å².